The molecule has 2 nitrogen and oxygen atoms in total. The van der Waals surface area contributed by atoms with Gasteiger partial charge in [-0.2, -0.15) is 0 Å². The predicted octanol–water partition coefficient (Wildman–Crippen LogP) is 3.75. The van der Waals surface area contributed by atoms with Gasteiger partial charge in [0.15, 0.2) is 5.78 Å². The van der Waals surface area contributed by atoms with E-state index in [9.17, 15) is 4.79 Å². The SMILES string of the molecule is CN1[C@@H]2C[C@H](Cc3ccccc3)[C@H]1C[C@H](Cc1ccccc1)C2=O. The van der Waals surface area contributed by atoms with Gasteiger partial charge in [-0.25, -0.2) is 0 Å². The van der Waals surface area contributed by atoms with Gasteiger partial charge in [-0.05, 0) is 49.8 Å². The van der Waals surface area contributed by atoms with Crippen molar-refractivity contribution in [1.82, 2.24) is 4.90 Å². The minimum atomic E-state index is 0.131. The van der Waals surface area contributed by atoms with E-state index in [0.29, 0.717) is 17.7 Å². The molecule has 0 aliphatic carbocycles. The molecule has 2 saturated heterocycles. The number of nitrogens with zero attached hydrogens (tertiary/aromatic N) is 1. The van der Waals surface area contributed by atoms with E-state index in [2.05, 4.69) is 66.5 Å². The normalized spacial score (nSPS) is 29.8. The van der Waals surface area contributed by atoms with Gasteiger partial charge in [0.2, 0.25) is 0 Å². The Hall–Kier alpha value is -1.93. The summed E-state index contributed by atoms with van der Waals surface area (Å²) < 4.78 is 0. The molecule has 4 atom stereocenters. The summed E-state index contributed by atoms with van der Waals surface area (Å²) in [5.41, 5.74) is 2.69. The van der Waals surface area contributed by atoms with Crippen molar-refractivity contribution in [2.75, 3.05) is 7.05 Å². The Bertz CT molecular complexity index is 696. The van der Waals surface area contributed by atoms with E-state index in [1.807, 2.05) is 6.07 Å². The van der Waals surface area contributed by atoms with Crippen LogP contribution in [0.25, 0.3) is 0 Å². The molecule has 2 heterocycles. The second-order valence-electron chi connectivity index (χ2n) is 7.46. The lowest BCUT2D eigenvalue weighted by Gasteiger charge is -2.36. The molecule has 2 aromatic rings. The van der Waals surface area contributed by atoms with Crippen molar-refractivity contribution in [3.8, 4) is 0 Å². The van der Waals surface area contributed by atoms with E-state index in [1.54, 1.807) is 0 Å². The molecule has 0 saturated carbocycles. The third-order valence-corrected chi connectivity index (χ3v) is 6.01. The zero-order valence-corrected chi connectivity index (χ0v) is 14.3. The van der Waals surface area contributed by atoms with Gasteiger partial charge in [0, 0.05) is 12.0 Å². The van der Waals surface area contributed by atoms with Gasteiger partial charge in [-0.1, -0.05) is 60.7 Å². The maximum Gasteiger partial charge on any atom is 0.153 e. The van der Waals surface area contributed by atoms with Crippen LogP contribution in [0.1, 0.15) is 24.0 Å². The van der Waals surface area contributed by atoms with Gasteiger partial charge in [0.1, 0.15) is 0 Å². The smallest absolute Gasteiger partial charge is 0.153 e. The van der Waals surface area contributed by atoms with Crippen LogP contribution in [0.5, 0.6) is 0 Å². The quantitative estimate of drug-likeness (QED) is 0.855. The Labute approximate surface area is 144 Å². The molecule has 24 heavy (non-hydrogen) atoms. The summed E-state index contributed by atoms with van der Waals surface area (Å²) in [6.45, 7) is 0. The number of piperidine rings is 1. The van der Waals surface area contributed by atoms with Crippen LogP contribution in [0.15, 0.2) is 60.7 Å². The summed E-state index contributed by atoms with van der Waals surface area (Å²) in [5.74, 6) is 1.26. The summed E-state index contributed by atoms with van der Waals surface area (Å²) in [4.78, 5) is 15.3. The highest BCUT2D eigenvalue weighted by Gasteiger charge is 2.49. The highest BCUT2D eigenvalue weighted by Crippen LogP contribution is 2.41. The van der Waals surface area contributed by atoms with Crippen molar-refractivity contribution in [2.45, 2.75) is 37.8 Å². The zero-order valence-electron chi connectivity index (χ0n) is 14.3. The highest BCUT2D eigenvalue weighted by atomic mass is 16.1. The Morgan fingerprint density at radius 2 is 1.46 bits per heavy atom. The van der Waals surface area contributed by atoms with E-state index in [-0.39, 0.29) is 12.0 Å². The molecule has 4 rings (SSSR count). The zero-order chi connectivity index (χ0) is 16.5. The number of rotatable bonds is 4. The monoisotopic (exact) mass is 319 g/mol. The number of benzene rings is 2. The fraction of sp³-hybridized carbons (Fsp3) is 0.409. The molecule has 0 radical (unpaired) electrons. The second-order valence-corrected chi connectivity index (χ2v) is 7.46. The van der Waals surface area contributed by atoms with Crippen molar-refractivity contribution in [3.63, 3.8) is 0 Å². The molecule has 0 spiro atoms. The van der Waals surface area contributed by atoms with Gasteiger partial charge in [-0.3, -0.25) is 9.69 Å². The van der Waals surface area contributed by atoms with Crippen LogP contribution in [0.3, 0.4) is 0 Å². The van der Waals surface area contributed by atoms with Gasteiger partial charge in [-0.15, -0.1) is 0 Å². The molecule has 2 aromatic carbocycles. The molecule has 2 fully saturated rings. The average molecular weight is 319 g/mol. The number of hydrogen-bond acceptors (Lipinski definition) is 2. The Morgan fingerprint density at radius 3 is 2.08 bits per heavy atom. The Balaban J connectivity index is 1.50. The molecule has 124 valence electrons. The lowest BCUT2D eigenvalue weighted by atomic mass is 9.83. The molecular weight excluding hydrogens is 294 g/mol. The first-order valence-electron chi connectivity index (χ1n) is 9.06. The van der Waals surface area contributed by atoms with Crippen LogP contribution in [0.2, 0.25) is 0 Å². The van der Waals surface area contributed by atoms with Crippen molar-refractivity contribution >= 4 is 5.78 Å². The minimum Gasteiger partial charge on any atom is -0.298 e. The standard InChI is InChI=1S/C22H25NO/c1-23-20-15-19(13-17-10-6-3-7-11-17)22(24)21(23)14-18(20)12-16-8-4-2-5-9-16/h2-11,18-21H,12-15H2,1H3/t18-,19-,20+,21+/m0/s1. The largest absolute Gasteiger partial charge is 0.298 e. The molecule has 0 N–H and O–H groups in total. The number of Topliss-reactive ketones (excluding diaryl/α,β-unsaturated/α-hetero) is 1. The van der Waals surface area contributed by atoms with Crippen LogP contribution in [0, 0.1) is 11.8 Å². The first kappa shape index (κ1) is 15.6. The number of fused-ring (bicyclic) bond motifs is 2. The van der Waals surface area contributed by atoms with Gasteiger partial charge >= 0.3 is 0 Å². The van der Waals surface area contributed by atoms with Crippen molar-refractivity contribution < 1.29 is 4.79 Å². The summed E-state index contributed by atoms with van der Waals surface area (Å²) in [6.07, 6.45) is 4.04. The number of carbonyl (C=O) groups excluding carboxylic acids is 1. The second kappa shape index (κ2) is 6.52. The Morgan fingerprint density at radius 1 is 0.875 bits per heavy atom. The third-order valence-electron chi connectivity index (χ3n) is 6.01. The van der Waals surface area contributed by atoms with E-state index >= 15 is 0 Å². The van der Waals surface area contributed by atoms with Crippen molar-refractivity contribution in [1.29, 1.82) is 0 Å². The number of likely N-dealkylation sites (N-methyl/N-ethyl adjacent to an activating group) is 1. The lowest BCUT2D eigenvalue weighted by Crippen LogP contribution is -2.48. The maximum absolute atomic E-state index is 13.0. The summed E-state index contributed by atoms with van der Waals surface area (Å²) in [5, 5.41) is 0. The average Bonchev–Trinajstić information content (AvgIpc) is 2.83. The van der Waals surface area contributed by atoms with Crippen LogP contribution in [-0.4, -0.2) is 29.8 Å². The van der Waals surface area contributed by atoms with E-state index in [0.717, 1.165) is 25.7 Å². The molecule has 2 aliphatic rings. The first-order chi connectivity index (χ1) is 11.7. The fourth-order valence-electron chi connectivity index (χ4n) is 4.75. The predicted molar refractivity (Wildman–Crippen MR) is 96.9 cm³/mol. The van der Waals surface area contributed by atoms with Gasteiger partial charge < -0.3 is 0 Å². The number of carbonyl (C=O) groups is 1. The fourth-order valence-corrected chi connectivity index (χ4v) is 4.75. The molecule has 2 heteroatoms. The van der Waals surface area contributed by atoms with E-state index in [4.69, 9.17) is 0 Å². The number of hydrogen-bond donors (Lipinski definition) is 0. The molecule has 0 unspecified atom stereocenters. The first-order valence-corrected chi connectivity index (χ1v) is 9.06. The van der Waals surface area contributed by atoms with Crippen LogP contribution in [-0.2, 0) is 17.6 Å². The van der Waals surface area contributed by atoms with Crippen LogP contribution in [0.4, 0.5) is 0 Å². The Kier molecular flexibility index (Phi) is 4.24. The molecule has 2 bridgehead atoms. The molecular formula is C22H25NO. The van der Waals surface area contributed by atoms with Crippen molar-refractivity contribution in [3.05, 3.63) is 71.8 Å². The van der Waals surface area contributed by atoms with Crippen molar-refractivity contribution in [2.24, 2.45) is 11.8 Å². The van der Waals surface area contributed by atoms with E-state index in [1.165, 1.54) is 11.1 Å². The molecule has 0 amide bonds. The highest BCUT2D eigenvalue weighted by molar-refractivity contribution is 5.88. The summed E-state index contributed by atoms with van der Waals surface area (Å²) in [6, 6.07) is 21.9. The van der Waals surface area contributed by atoms with Crippen LogP contribution < -0.4 is 0 Å². The molecule has 2 aliphatic heterocycles. The third kappa shape index (κ3) is 2.91. The molecule has 0 aromatic heterocycles. The van der Waals surface area contributed by atoms with Gasteiger partial charge in [0.05, 0.1) is 6.04 Å². The summed E-state index contributed by atoms with van der Waals surface area (Å²) in [7, 11) is 2.15. The number of ketones is 1. The topological polar surface area (TPSA) is 20.3 Å². The van der Waals surface area contributed by atoms with Crippen LogP contribution >= 0.6 is 0 Å². The minimum absolute atomic E-state index is 0.131. The lowest BCUT2D eigenvalue weighted by molar-refractivity contribution is -0.130. The summed E-state index contributed by atoms with van der Waals surface area (Å²) >= 11 is 0. The maximum atomic E-state index is 13.0. The van der Waals surface area contributed by atoms with E-state index < -0.39 is 0 Å². The van der Waals surface area contributed by atoms with Gasteiger partial charge in [0.25, 0.3) is 0 Å².